The highest BCUT2D eigenvalue weighted by Gasteiger charge is 2.31. The molecule has 0 aliphatic rings. The van der Waals surface area contributed by atoms with Gasteiger partial charge in [0.1, 0.15) is 0 Å². The van der Waals surface area contributed by atoms with Gasteiger partial charge in [0.15, 0.2) is 5.60 Å². The average Bonchev–Trinajstić information content (AvgIpc) is 2.31. The molecule has 0 saturated heterocycles. The molecule has 0 aromatic carbocycles. The van der Waals surface area contributed by atoms with Crippen LogP contribution in [0.2, 0.25) is 0 Å². The Kier molecular flexibility index (Phi) is 4.98. The van der Waals surface area contributed by atoms with Crippen LogP contribution in [0.3, 0.4) is 0 Å². The molecular formula is C12H18N2O3S. The van der Waals surface area contributed by atoms with E-state index >= 15 is 0 Å². The van der Waals surface area contributed by atoms with E-state index < -0.39 is 11.5 Å². The Morgan fingerprint density at radius 2 is 2.22 bits per heavy atom. The number of aryl methyl sites for hydroxylation is 1. The number of thiol groups is 1. The number of nitrogens with zero attached hydrogens (tertiary/aromatic N) is 1. The summed E-state index contributed by atoms with van der Waals surface area (Å²) in [6.45, 7) is 3.44. The van der Waals surface area contributed by atoms with Crippen LogP contribution in [0.25, 0.3) is 0 Å². The second kappa shape index (κ2) is 6.06. The summed E-state index contributed by atoms with van der Waals surface area (Å²) >= 11 is 3.97. The SMILES string of the molecule is Cc1cccc(=O)n1CC(C)(O)C(=O)NCCS. The number of pyridine rings is 1. The Morgan fingerprint density at radius 1 is 1.56 bits per heavy atom. The van der Waals surface area contributed by atoms with Crippen LogP contribution >= 0.6 is 12.6 Å². The Hall–Kier alpha value is -1.27. The number of hydrogen-bond donors (Lipinski definition) is 3. The van der Waals surface area contributed by atoms with E-state index in [1.165, 1.54) is 17.6 Å². The Morgan fingerprint density at radius 3 is 2.78 bits per heavy atom. The molecule has 1 heterocycles. The number of aliphatic hydroxyl groups is 1. The number of rotatable bonds is 5. The van der Waals surface area contributed by atoms with Gasteiger partial charge in [-0.2, -0.15) is 12.6 Å². The Bertz CT molecular complexity index is 482. The van der Waals surface area contributed by atoms with Gasteiger partial charge in [0.25, 0.3) is 11.5 Å². The molecule has 6 heteroatoms. The van der Waals surface area contributed by atoms with E-state index in [1.54, 1.807) is 19.1 Å². The van der Waals surface area contributed by atoms with E-state index in [1.807, 2.05) is 0 Å². The van der Waals surface area contributed by atoms with Gasteiger partial charge in [-0.05, 0) is 19.9 Å². The minimum absolute atomic E-state index is 0.0725. The van der Waals surface area contributed by atoms with Crippen LogP contribution in [0.15, 0.2) is 23.0 Å². The van der Waals surface area contributed by atoms with Crippen molar-refractivity contribution in [3.63, 3.8) is 0 Å². The second-order valence-corrected chi connectivity index (χ2v) is 4.79. The van der Waals surface area contributed by atoms with E-state index in [4.69, 9.17) is 0 Å². The summed E-state index contributed by atoms with van der Waals surface area (Å²) in [7, 11) is 0. The third-order valence-electron chi connectivity index (χ3n) is 2.62. The van der Waals surface area contributed by atoms with Gasteiger partial charge >= 0.3 is 0 Å². The molecule has 0 fully saturated rings. The van der Waals surface area contributed by atoms with Crippen molar-refractivity contribution in [3.05, 3.63) is 34.2 Å². The van der Waals surface area contributed by atoms with Crippen LogP contribution in [0, 0.1) is 6.92 Å². The zero-order chi connectivity index (χ0) is 13.8. The molecule has 0 radical (unpaired) electrons. The van der Waals surface area contributed by atoms with Crippen molar-refractivity contribution in [2.75, 3.05) is 12.3 Å². The summed E-state index contributed by atoms with van der Waals surface area (Å²) in [6.07, 6.45) is 0. The quantitative estimate of drug-likeness (QED) is 0.657. The largest absolute Gasteiger partial charge is 0.378 e. The van der Waals surface area contributed by atoms with Crippen molar-refractivity contribution in [1.82, 2.24) is 9.88 Å². The molecule has 0 spiro atoms. The van der Waals surface area contributed by atoms with Crippen molar-refractivity contribution in [2.24, 2.45) is 0 Å². The molecule has 18 heavy (non-hydrogen) atoms. The molecular weight excluding hydrogens is 252 g/mol. The fourth-order valence-corrected chi connectivity index (χ4v) is 1.68. The fourth-order valence-electron chi connectivity index (χ4n) is 1.57. The van der Waals surface area contributed by atoms with Crippen molar-refractivity contribution >= 4 is 18.5 Å². The highest BCUT2D eigenvalue weighted by Crippen LogP contribution is 2.08. The maximum atomic E-state index is 11.7. The lowest BCUT2D eigenvalue weighted by Gasteiger charge is -2.24. The van der Waals surface area contributed by atoms with E-state index in [2.05, 4.69) is 17.9 Å². The number of carbonyl (C=O) groups is 1. The second-order valence-electron chi connectivity index (χ2n) is 4.34. The van der Waals surface area contributed by atoms with E-state index in [0.717, 1.165) is 0 Å². The molecule has 1 rings (SSSR count). The fraction of sp³-hybridized carbons (Fsp3) is 0.500. The van der Waals surface area contributed by atoms with Gasteiger partial charge < -0.3 is 15.0 Å². The molecule has 0 aliphatic carbocycles. The van der Waals surface area contributed by atoms with Gasteiger partial charge in [0.05, 0.1) is 6.54 Å². The maximum Gasteiger partial charge on any atom is 0.253 e. The monoisotopic (exact) mass is 270 g/mol. The van der Waals surface area contributed by atoms with Crippen LogP contribution in [-0.2, 0) is 11.3 Å². The zero-order valence-corrected chi connectivity index (χ0v) is 11.4. The summed E-state index contributed by atoms with van der Waals surface area (Å²) in [5.74, 6) is -0.0155. The van der Waals surface area contributed by atoms with E-state index in [-0.39, 0.29) is 12.1 Å². The highest BCUT2D eigenvalue weighted by molar-refractivity contribution is 7.80. The molecule has 0 bridgehead atoms. The van der Waals surface area contributed by atoms with Crippen LogP contribution in [0.4, 0.5) is 0 Å². The van der Waals surface area contributed by atoms with Crippen LogP contribution in [0.1, 0.15) is 12.6 Å². The number of nitrogens with one attached hydrogen (secondary N) is 1. The first-order valence-corrected chi connectivity index (χ1v) is 6.30. The van der Waals surface area contributed by atoms with Crippen molar-refractivity contribution in [2.45, 2.75) is 26.0 Å². The molecule has 1 unspecified atom stereocenters. The highest BCUT2D eigenvalue weighted by atomic mass is 32.1. The first-order valence-electron chi connectivity index (χ1n) is 5.66. The molecule has 1 aromatic heterocycles. The number of amides is 1. The molecule has 1 aromatic rings. The molecule has 0 saturated carbocycles. The molecule has 1 atom stereocenters. The van der Waals surface area contributed by atoms with E-state index in [0.29, 0.717) is 18.0 Å². The topological polar surface area (TPSA) is 71.3 Å². The molecule has 100 valence electrons. The van der Waals surface area contributed by atoms with Crippen molar-refractivity contribution in [3.8, 4) is 0 Å². The van der Waals surface area contributed by atoms with Crippen LogP contribution in [-0.4, -0.2) is 33.5 Å². The lowest BCUT2D eigenvalue weighted by Crippen LogP contribution is -2.49. The zero-order valence-electron chi connectivity index (χ0n) is 10.5. The number of hydrogen-bond acceptors (Lipinski definition) is 4. The van der Waals surface area contributed by atoms with E-state index in [9.17, 15) is 14.7 Å². The van der Waals surface area contributed by atoms with Gasteiger partial charge in [-0.3, -0.25) is 9.59 Å². The summed E-state index contributed by atoms with van der Waals surface area (Å²) in [5, 5.41) is 12.7. The number of aromatic nitrogens is 1. The Labute approximate surface area is 111 Å². The van der Waals surface area contributed by atoms with Gasteiger partial charge in [0, 0.05) is 24.1 Å². The third kappa shape index (κ3) is 3.61. The summed E-state index contributed by atoms with van der Waals surface area (Å²) < 4.78 is 1.38. The van der Waals surface area contributed by atoms with Crippen molar-refractivity contribution < 1.29 is 9.90 Å². The normalized spacial score (nSPS) is 14.0. The average molecular weight is 270 g/mol. The summed E-state index contributed by atoms with van der Waals surface area (Å²) in [5.41, 5.74) is -1.17. The predicted molar refractivity (Wildman–Crippen MR) is 72.9 cm³/mol. The van der Waals surface area contributed by atoms with Crippen molar-refractivity contribution in [1.29, 1.82) is 0 Å². The van der Waals surface area contributed by atoms with Gasteiger partial charge in [0.2, 0.25) is 0 Å². The first kappa shape index (κ1) is 14.8. The number of carbonyl (C=O) groups excluding carboxylic acids is 1. The lowest BCUT2D eigenvalue weighted by molar-refractivity contribution is -0.139. The molecule has 2 N–H and O–H groups in total. The Balaban J connectivity index is 2.88. The van der Waals surface area contributed by atoms with Crippen LogP contribution < -0.4 is 10.9 Å². The predicted octanol–water partition coefficient (Wildman–Crippen LogP) is -0.0463. The summed E-state index contributed by atoms with van der Waals surface area (Å²) in [6, 6.07) is 4.79. The molecule has 1 amide bonds. The first-order chi connectivity index (χ1) is 8.38. The minimum atomic E-state index is -1.63. The van der Waals surface area contributed by atoms with Gasteiger partial charge in [-0.25, -0.2) is 0 Å². The standard InChI is InChI=1S/C12H18N2O3S/c1-9-4-3-5-10(15)14(9)8-12(2,17)11(16)13-6-7-18/h3-5,17-18H,6-8H2,1-2H3,(H,13,16). The molecule has 0 aliphatic heterocycles. The van der Waals surface area contributed by atoms with Gasteiger partial charge in [-0.15, -0.1) is 0 Å². The lowest BCUT2D eigenvalue weighted by atomic mass is 10.1. The molecule has 5 nitrogen and oxygen atoms in total. The van der Waals surface area contributed by atoms with Gasteiger partial charge in [-0.1, -0.05) is 6.07 Å². The summed E-state index contributed by atoms with van der Waals surface area (Å²) in [4.78, 5) is 23.4. The smallest absolute Gasteiger partial charge is 0.253 e. The minimum Gasteiger partial charge on any atom is -0.378 e. The maximum absolute atomic E-state index is 11.7. The van der Waals surface area contributed by atoms with Crippen LogP contribution in [0.5, 0.6) is 0 Å². The third-order valence-corrected chi connectivity index (χ3v) is 2.84.